The zero-order valence-electron chi connectivity index (χ0n) is 15.3. The predicted molar refractivity (Wildman–Crippen MR) is 103 cm³/mol. The maximum Gasteiger partial charge on any atom is 0.338 e. The number of aliphatic hydroxyl groups excluding tert-OH is 1. The number of carbonyl (C=O) groups is 1. The van der Waals surface area contributed by atoms with Crippen LogP contribution >= 0.6 is 0 Å². The summed E-state index contributed by atoms with van der Waals surface area (Å²) in [6, 6.07) is 19.5. The zero-order valence-corrected chi connectivity index (χ0v) is 15.3. The standard InChI is InChI=1S/C23H26O3/c1-2-3-10-15-23(19-13-8-5-9-14-19)17-21(24)20(22(25)26-23)16-18-11-6-4-7-12-18/h4-9,11-14,24H,2-3,10,15-17H2,1H3. The lowest BCUT2D eigenvalue weighted by Crippen LogP contribution is -2.38. The number of hydrogen-bond acceptors (Lipinski definition) is 3. The van der Waals surface area contributed by atoms with E-state index < -0.39 is 11.6 Å². The summed E-state index contributed by atoms with van der Waals surface area (Å²) >= 11 is 0. The number of cyclic esters (lactones) is 1. The Bertz CT molecular complexity index is 765. The molecule has 1 aliphatic rings. The average molecular weight is 350 g/mol. The summed E-state index contributed by atoms with van der Waals surface area (Å²) in [5, 5.41) is 10.7. The molecule has 1 unspecified atom stereocenters. The van der Waals surface area contributed by atoms with Crippen molar-refractivity contribution in [3.05, 3.63) is 83.1 Å². The molecule has 2 aromatic rings. The molecule has 3 heteroatoms. The Hall–Kier alpha value is -2.55. The van der Waals surface area contributed by atoms with Crippen molar-refractivity contribution >= 4 is 5.97 Å². The predicted octanol–water partition coefficient (Wildman–Crippen LogP) is 5.46. The molecule has 0 saturated carbocycles. The van der Waals surface area contributed by atoms with Crippen molar-refractivity contribution in [2.24, 2.45) is 0 Å². The molecule has 0 aliphatic carbocycles. The molecule has 3 nitrogen and oxygen atoms in total. The van der Waals surface area contributed by atoms with Crippen molar-refractivity contribution < 1.29 is 14.6 Å². The molecule has 1 heterocycles. The van der Waals surface area contributed by atoms with Gasteiger partial charge in [0.15, 0.2) is 0 Å². The number of aliphatic hydroxyl groups is 1. The van der Waals surface area contributed by atoms with Gasteiger partial charge in [0, 0.05) is 12.8 Å². The minimum Gasteiger partial charge on any atom is -0.512 e. The minimum absolute atomic E-state index is 0.158. The van der Waals surface area contributed by atoms with Crippen LogP contribution in [0.25, 0.3) is 0 Å². The van der Waals surface area contributed by atoms with E-state index in [1.54, 1.807) is 0 Å². The van der Waals surface area contributed by atoms with E-state index in [0.29, 0.717) is 18.4 Å². The third kappa shape index (κ3) is 3.98. The van der Waals surface area contributed by atoms with Crippen molar-refractivity contribution in [2.45, 2.75) is 51.0 Å². The van der Waals surface area contributed by atoms with E-state index in [9.17, 15) is 9.90 Å². The SMILES string of the molecule is CCCCCC1(c2ccccc2)CC(O)=C(Cc2ccccc2)C(=O)O1. The Morgan fingerprint density at radius 3 is 2.27 bits per heavy atom. The monoisotopic (exact) mass is 350 g/mol. The first-order valence-corrected chi connectivity index (χ1v) is 9.38. The van der Waals surface area contributed by atoms with Gasteiger partial charge in [0.2, 0.25) is 0 Å². The molecular formula is C23H26O3. The number of carbonyl (C=O) groups excluding carboxylic acids is 1. The van der Waals surface area contributed by atoms with Gasteiger partial charge in [-0.2, -0.15) is 0 Å². The molecule has 0 bridgehead atoms. The maximum atomic E-state index is 12.8. The molecule has 0 spiro atoms. The molecule has 0 saturated heterocycles. The van der Waals surface area contributed by atoms with Crippen molar-refractivity contribution in [3.63, 3.8) is 0 Å². The summed E-state index contributed by atoms with van der Waals surface area (Å²) in [5.74, 6) is -0.247. The molecule has 136 valence electrons. The van der Waals surface area contributed by atoms with Gasteiger partial charge < -0.3 is 9.84 Å². The van der Waals surface area contributed by atoms with Gasteiger partial charge in [-0.25, -0.2) is 4.79 Å². The summed E-state index contributed by atoms with van der Waals surface area (Å²) in [7, 11) is 0. The molecule has 0 radical (unpaired) electrons. The lowest BCUT2D eigenvalue weighted by Gasteiger charge is -2.38. The van der Waals surface area contributed by atoms with Gasteiger partial charge in [0.05, 0.1) is 5.57 Å². The Kier molecular flexibility index (Phi) is 5.77. The van der Waals surface area contributed by atoms with Crippen LogP contribution in [-0.4, -0.2) is 11.1 Å². The van der Waals surface area contributed by atoms with E-state index in [1.807, 2.05) is 60.7 Å². The third-order valence-electron chi connectivity index (χ3n) is 5.04. The average Bonchev–Trinajstić information content (AvgIpc) is 2.66. The van der Waals surface area contributed by atoms with Gasteiger partial charge in [-0.15, -0.1) is 0 Å². The van der Waals surface area contributed by atoms with Gasteiger partial charge in [-0.05, 0) is 24.0 Å². The number of esters is 1. The second kappa shape index (κ2) is 8.22. The fraction of sp³-hybridized carbons (Fsp3) is 0.348. The normalized spacial score (nSPS) is 20.1. The summed E-state index contributed by atoms with van der Waals surface area (Å²) < 4.78 is 6.01. The molecular weight excluding hydrogens is 324 g/mol. The highest BCUT2D eigenvalue weighted by Gasteiger charge is 2.42. The summed E-state index contributed by atoms with van der Waals surface area (Å²) in [6.07, 6.45) is 4.59. The van der Waals surface area contributed by atoms with Crippen LogP contribution in [0.15, 0.2) is 72.0 Å². The van der Waals surface area contributed by atoms with Gasteiger partial charge >= 0.3 is 5.97 Å². The van der Waals surface area contributed by atoms with Crippen LogP contribution < -0.4 is 0 Å². The van der Waals surface area contributed by atoms with E-state index in [1.165, 1.54) is 0 Å². The minimum atomic E-state index is -0.766. The molecule has 0 aromatic heterocycles. The molecule has 1 aliphatic heterocycles. The number of rotatable bonds is 7. The van der Waals surface area contributed by atoms with E-state index in [4.69, 9.17) is 4.74 Å². The lowest BCUT2D eigenvalue weighted by atomic mass is 9.81. The summed E-state index contributed by atoms with van der Waals surface area (Å²) in [6.45, 7) is 2.15. The zero-order chi connectivity index (χ0) is 18.4. The van der Waals surface area contributed by atoms with Crippen molar-refractivity contribution in [1.29, 1.82) is 0 Å². The van der Waals surface area contributed by atoms with Crippen LogP contribution in [0.1, 0.15) is 50.2 Å². The largest absolute Gasteiger partial charge is 0.512 e. The first-order chi connectivity index (χ1) is 12.6. The second-order valence-electron chi connectivity index (χ2n) is 6.97. The van der Waals surface area contributed by atoms with Crippen molar-refractivity contribution in [1.82, 2.24) is 0 Å². The van der Waals surface area contributed by atoms with Crippen LogP contribution in [-0.2, 0) is 21.6 Å². The van der Waals surface area contributed by atoms with Crippen LogP contribution in [0, 0.1) is 0 Å². The van der Waals surface area contributed by atoms with E-state index in [-0.39, 0.29) is 5.76 Å². The van der Waals surface area contributed by atoms with Crippen LogP contribution in [0.3, 0.4) is 0 Å². The van der Waals surface area contributed by atoms with Crippen LogP contribution in [0.2, 0.25) is 0 Å². The fourth-order valence-corrected chi connectivity index (χ4v) is 3.59. The lowest BCUT2D eigenvalue weighted by molar-refractivity contribution is -0.161. The number of ether oxygens (including phenoxy) is 1. The van der Waals surface area contributed by atoms with E-state index in [2.05, 4.69) is 6.92 Å². The highest BCUT2D eigenvalue weighted by molar-refractivity contribution is 5.91. The molecule has 2 aromatic carbocycles. The number of hydrogen-bond donors (Lipinski definition) is 1. The third-order valence-corrected chi connectivity index (χ3v) is 5.04. The topological polar surface area (TPSA) is 46.5 Å². The highest BCUT2D eigenvalue weighted by atomic mass is 16.6. The second-order valence-corrected chi connectivity index (χ2v) is 6.97. The fourth-order valence-electron chi connectivity index (χ4n) is 3.59. The molecule has 1 atom stereocenters. The van der Waals surface area contributed by atoms with Gasteiger partial charge in [0.1, 0.15) is 11.4 Å². The maximum absolute atomic E-state index is 12.8. The highest BCUT2D eigenvalue weighted by Crippen LogP contribution is 2.42. The molecule has 1 N–H and O–H groups in total. The first kappa shape index (κ1) is 18.2. The van der Waals surface area contributed by atoms with Crippen molar-refractivity contribution in [3.8, 4) is 0 Å². The van der Waals surface area contributed by atoms with Crippen LogP contribution in [0.5, 0.6) is 0 Å². The Morgan fingerprint density at radius 2 is 1.65 bits per heavy atom. The van der Waals surface area contributed by atoms with Crippen LogP contribution in [0.4, 0.5) is 0 Å². The number of unbranched alkanes of at least 4 members (excludes halogenated alkanes) is 2. The molecule has 0 fully saturated rings. The van der Waals surface area contributed by atoms with Gasteiger partial charge in [-0.3, -0.25) is 0 Å². The molecule has 0 amide bonds. The van der Waals surface area contributed by atoms with Crippen molar-refractivity contribution in [2.75, 3.05) is 0 Å². The smallest absolute Gasteiger partial charge is 0.338 e. The van der Waals surface area contributed by atoms with E-state index in [0.717, 1.165) is 36.8 Å². The quantitative estimate of drug-likeness (QED) is 0.532. The Morgan fingerprint density at radius 1 is 1.00 bits per heavy atom. The van der Waals surface area contributed by atoms with Gasteiger partial charge in [-0.1, -0.05) is 80.4 Å². The molecule has 3 rings (SSSR count). The summed E-state index contributed by atoms with van der Waals surface area (Å²) in [4.78, 5) is 12.8. The summed E-state index contributed by atoms with van der Waals surface area (Å²) in [5.41, 5.74) is 1.55. The van der Waals surface area contributed by atoms with Gasteiger partial charge in [0.25, 0.3) is 0 Å². The molecule has 26 heavy (non-hydrogen) atoms. The number of benzene rings is 2. The van der Waals surface area contributed by atoms with E-state index >= 15 is 0 Å². The first-order valence-electron chi connectivity index (χ1n) is 9.38. The Labute approximate surface area is 155 Å². The Balaban J connectivity index is 1.90.